The topological polar surface area (TPSA) is 26.3 Å². The summed E-state index contributed by atoms with van der Waals surface area (Å²) in [7, 11) is 0. The number of hydrogen-bond acceptors (Lipinski definition) is 2. The lowest BCUT2D eigenvalue weighted by atomic mass is 9.71. The number of carbonyl (C=O) groups excluding carboxylic acids is 1. The molecular formula is C11H16O2. The molecule has 0 aromatic heterocycles. The molecule has 0 aromatic rings. The Balaban J connectivity index is 2.43. The highest BCUT2D eigenvalue weighted by Gasteiger charge is 2.53. The lowest BCUT2D eigenvalue weighted by Gasteiger charge is -2.35. The predicted molar refractivity (Wildman–Crippen MR) is 49.8 cm³/mol. The van der Waals surface area contributed by atoms with Gasteiger partial charge in [-0.1, -0.05) is 6.92 Å². The van der Waals surface area contributed by atoms with Gasteiger partial charge in [-0.15, -0.1) is 0 Å². The van der Waals surface area contributed by atoms with E-state index >= 15 is 0 Å². The van der Waals surface area contributed by atoms with Crippen LogP contribution >= 0.6 is 0 Å². The SMILES string of the molecule is CC1=COC(=O)[C@]2(C)[C@@H]1CC[C@@H]2C. The molecule has 0 radical (unpaired) electrons. The van der Waals surface area contributed by atoms with E-state index in [1.807, 2.05) is 6.92 Å². The zero-order valence-electron chi connectivity index (χ0n) is 8.46. The fourth-order valence-electron chi connectivity index (χ4n) is 2.76. The lowest BCUT2D eigenvalue weighted by Crippen LogP contribution is -2.40. The number of rotatable bonds is 0. The molecule has 1 aliphatic carbocycles. The van der Waals surface area contributed by atoms with Crippen molar-refractivity contribution < 1.29 is 9.53 Å². The Morgan fingerprint density at radius 3 is 2.85 bits per heavy atom. The predicted octanol–water partition coefficient (Wildman–Crippen LogP) is 2.50. The smallest absolute Gasteiger partial charge is 0.317 e. The van der Waals surface area contributed by atoms with Crippen molar-refractivity contribution in [3.05, 3.63) is 11.8 Å². The third-order valence-corrected chi connectivity index (χ3v) is 3.98. The molecule has 1 aliphatic heterocycles. The second-order valence-electron chi connectivity index (χ2n) is 4.58. The Labute approximate surface area is 79.0 Å². The van der Waals surface area contributed by atoms with Crippen LogP contribution in [0.5, 0.6) is 0 Å². The van der Waals surface area contributed by atoms with Crippen LogP contribution in [0.3, 0.4) is 0 Å². The van der Waals surface area contributed by atoms with Crippen LogP contribution in [0, 0.1) is 17.3 Å². The van der Waals surface area contributed by atoms with E-state index < -0.39 is 0 Å². The number of cyclic esters (lactones) is 1. The molecule has 0 amide bonds. The second kappa shape index (κ2) is 2.60. The number of fused-ring (bicyclic) bond motifs is 1. The molecule has 1 fully saturated rings. The van der Waals surface area contributed by atoms with Gasteiger partial charge in [-0.25, -0.2) is 0 Å². The highest BCUT2D eigenvalue weighted by Crippen LogP contribution is 2.53. The average molecular weight is 180 g/mol. The minimum atomic E-state index is -0.251. The van der Waals surface area contributed by atoms with Crippen molar-refractivity contribution in [2.45, 2.75) is 33.6 Å². The number of allylic oxidation sites excluding steroid dienone is 1. The van der Waals surface area contributed by atoms with E-state index in [9.17, 15) is 4.79 Å². The molecule has 0 bridgehead atoms. The Kier molecular flexibility index (Phi) is 1.76. The number of carbonyl (C=O) groups is 1. The molecule has 72 valence electrons. The van der Waals surface area contributed by atoms with E-state index in [1.54, 1.807) is 6.26 Å². The molecule has 1 heterocycles. The molecule has 2 heteroatoms. The summed E-state index contributed by atoms with van der Waals surface area (Å²) in [4.78, 5) is 11.7. The number of ether oxygens (including phenoxy) is 1. The summed E-state index contributed by atoms with van der Waals surface area (Å²) in [5.74, 6) is 0.838. The molecule has 0 aromatic carbocycles. The summed E-state index contributed by atoms with van der Waals surface area (Å²) in [6.07, 6.45) is 3.91. The Bertz CT molecular complexity index is 280. The third kappa shape index (κ3) is 0.976. The minimum Gasteiger partial charge on any atom is -0.434 e. The first kappa shape index (κ1) is 8.79. The van der Waals surface area contributed by atoms with Crippen molar-refractivity contribution in [1.82, 2.24) is 0 Å². The standard InChI is InChI=1S/C11H16O2/c1-7-6-13-10(12)11(3)8(2)4-5-9(7)11/h6,8-9H,4-5H2,1-3H3/t8-,9+,11-/m0/s1. The van der Waals surface area contributed by atoms with Gasteiger partial charge in [0, 0.05) is 0 Å². The van der Waals surface area contributed by atoms with Crippen molar-refractivity contribution in [3.8, 4) is 0 Å². The molecule has 2 aliphatic rings. The molecule has 0 spiro atoms. The Hall–Kier alpha value is -0.790. The van der Waals surface area contributed by atoms with Crippen LogP contribution in [0.15, 0.2) is 11.8 Å². The van der Waals surface area contributed by atoms with Crippen molar-refractivity contribution in [2.24, 2.45) is 17.3 Å². The van der Waals surface area contributed by atoms with E-state index in [4.69, 9.17) is 4.74 Å². The molecule has 0 N–H and O–H groups in total. The van der Waals surface area contributed by atoms with Gasteiger partial charge in [0.25, 0.3) is 0 Å². The van der Waals surface area contributed by atoms with Crippen LogP contribution in [0.25, 0.3) is 0 Å². The number of hydrogen-bond donors (Lipinski definition) is 0. The van der Waals surface area contributed by atoms with Crippen LogP contribution < -0.4 is 0 Å². The maximum atomic E-state index is 11.7. The third-order valence-electron chi connectivity index (χ3n) is 3.98. The summed E-state index contributed by atoms with van der Waals surface area (Å²) in [5, 5.41) is 0. The van der Waals surface area contributed by atoms with E-state index in [0.717, 1.165) is 12.8 Å². The van der Waals surface area contributed by atoms with Crippen LogP contribution in [-0.2, 0) is 9.53 Å². The van der Waals surface area contributed by atoms with Crippen molar-refractivity contribution >= 4 is 5.97 Å². The second-order valence-corrected chi connectivity index (χ2v) is 4.58. The molecule has 0 saturated heterocycles. The molecule has 2 rings (SSSR count). The highest BCUT2D eigenvalue weighted by molar-refractivity contribution is 5.80. The van der Waals surface area contributed by atoms with Gasteiger partial charge in [-0.05, 0) is 44.1 Å². The first-order chi connectivity index (χ1) is 6.06. The van der Waals surface area contributed by atoms with Crippen LogP contribution in [0.2, 0.25) is 0 Å². The Morgan fingerprint density at radius 2 is 2.23 bits per heavy atom. The van der Waals surface area contributed by atoms with Gasteiger partial charge in [0.05, 0.1) is 11.7 Å². The molecule has 3 atom stereocenters. The monoisotopic (exact) mass is 180 g/mol. The quantitative estimate of drug-likeness (QED) is 0.535. The first-order valence-corrected chi connectivity index (χ1v) is 4.94. The van der Waals surface area contributed by atoms with Crippen molar-refractivity contribution in [2.75, 3.05) is 0 Å². The molecular weight excluding hydrogens is 164 g/mol. The summed E-state index contributed by atoms with van der Waals surface area (Å²) in [6.45, 7) is 6.27. The molecule has 13 heavy (non-hydrogen) atoms. The highest BCUT2D eigenvalue weighted by atomic mass is 16.5. The minimum absolute atomic E-state index is 0.0342. The van der Waals surface area contributed by atoms with Gasteiger partial charge in [0.1, 0.15) is 0 Å². The summed E-state index contributed by atoms with van der Waals surface area (Å²) >= 11 is 0. The molecule has 1 saturated carbocycles. The van der Waals surface area contributed by atoms with Crippen LogP contribution in [-0.4, -0.2) is 5.97 Å². The van der Waals surface area contributed by atoms with Gasteiger partial charge in [0.15, 0.2) is 0 Å². The van der Waals surface area contributed by atoms with E-state index in [2.05, 4.69) is 13.8 Å². The van der Waals surface area contributed by atoms with E-state index in [1.165, 1.54) is 5.57 Å². The van der Waals surface area contributed by atoms with Gasteiger partial charge in [0.2, 0.25) is 0 Å². The van der Waals surface area contributed by atoms with Gasteiger partial charge < -0.3 is 4.74 Å². The largest absolute Gasteiger partial charge is 0.434 e. The lowest BCUT2D eigenvalue weighted by molar-refractivity contribution is -0.155. The average Bonchev–Trinajstić information content (AvgIpc) is 2.39. The Morgan fingerprint density at radius 1 is 1.54 bits per heavy atom. The normalized spacial score (nSPS) is 43.9. The maximum Gasteiger partial charge on any atom is 0.317 e. The summed E-state index contributed by atoms with van der Waals surface area (Å²) in [5.41, 5.74) is 0.977. The van der Waals surface area contributed by atoms with Gasteiger partial charge >= 0.3 is 5.97 Å². The van der Waals surface area contributed by atoms with Crippen LogP contribution in [0.4, 0.5) is 0 Å². The fourth-order valence-corrected chi connectivity index (χ4v) is 2.76. The van der Waals surface area contributed by atoms with Crippen molar-refractivity contribution in [1.29, 1.82) is 0 Å². The molecule has 0 unspecified atom stereocenters. The summed E-state index contributed by atoms with van der Waals surface area (Å²) < 4.78 is 5.08. The van der Waals surface area contributed by atoms with Crippen LogP contribution in [0.1, 0.15) is 33.6 Å². The zero-order valence-corrected chi connectivity index (χ0v) is 8.46. The molecule has 2 nitrogen and oxygen atoms in total. The van der Waals surface area contributed by atoms with Gasteiger partial charge in [-0.2, -0.15) is 0 Å². The van der Waals surface area contributed by atoms with Gasteiger partial charge in [-0.3, -0.25) is 4.79 Å². The van der Waals surface area contributed by atoms with Crippen molar-refractivity contribution in [3.63, 3.8) is 0 Å². The number of esters is 1. The van der Waals surface area contributed by atoms with E-state index in [-0.39, 0.29) is 11.4 Å². The zero-order chi connectivity index (χ0) is 9.64. The maximum absolute atomic E-state index is 11.7. The fraction of sp³-hybridized carbons (Fsp3) is 0.727. The first-order valence-electron chi connectivity index (χ1n) is 4.94. The summed E-state index contributed by atoms with van der Waals surface area (Å²) in [6, 6.07) is 0. The van der Waals surface area contributed by atoms with E-state index in [0.29, 0.717) is 11.8 Å².